The van der Waals surface area contributed by atoms with E-state index in [9.17, 15) is 0 Å². The molecule has 0 unspecified atom stereocenters. The van der Waals surface area contributed by atoms with Crippen LogP contribution in [0.3, 0.4) is 0 Å². The van der Waals surface area contributed by atoms with E-state index in [1.807, 2.05) is 25.4 Å². The molecule has 0 bridgehead atoms. The van der Waals surface area contributed by atoms with E-state index in [0.717, 1.165) is 17.6 Å². The molecule has 0 radical (unpaired) electrons. The first-order valence-corrected chi connectivity index (χ1v) is 12.3. The summed E-state index contributed by atoms with van der Waals surface area (Å²) in [6.07, 6.45) is 5.56. The molecule has 5 rings (SSSR count). The summed E-state index contributed by atoms with van der Waals surface area (Å²) in [4.78, 5) is 16.1. The van der Waals surface area contributed by atoms with Gasteiger partial charge in [0.05, 0.1) is 51.1 Å². The maximum absolute atomic E-state index is 15.2. The van der Waals surface area contributed by atoms with Crippen LogP contribution in [0.5, 0.6) is 5.75 Å². The molecular formula is C25H26FN6O2S+. The second-order valence-electron chi connectivity index (χ2n) is 8.26. The highest BCUT2D eigenvalue weighted by molar-refractivity contribution is 7.16. The largest absolute Gasteiger partial charge is 0.489 e. The molecule has 8 nitrogen and oxygen atoms in total. The van der Waals surface area contributed by atoms with E-state index in [-0.39, 0.29) is 11.9 Å². The number of nitrogens with two attached hydrogens (primary N) is 1. The Balaban J connectivity index is 1.64. The van der Waals surface area contributed by atoms with Gasteiger partial charge >= 0.3 is 0 Å². The van der Waals surface area contributed by atoms with Crippen molar-refractivity contribution in [3.63, 3.8) is 0 Å². The maximum Gasteiger partial charge on any atom is 0.170 e. The fourth-order valence-corrected chi connectivity index (χ4v) is 4.88. The lowest BCUT2D eigenvalue weighted by atomic mass is 9.98. The maximum atomic E-state index is 15.2. The number of thiazole rings is 1. The minimum absolute atomic E-state index is 0.0425. The smallest absolute Gasteiger partial charge is 0.170 e. The van der Waals surface area contributed by atoms with E-state index in [1.54, 1.807) is 17.6 Å². The van der Waals surface area contributed by atoms with Gasteiger partial charge in [-0.25, -0.2) is 19.3 Å². The molecule has 1 atom stereocenters. The summed E-state index contributed by atoms with van der Waals surface area (Å²) in [6, 6.07) is 7.29. The molecule has 2 aromatic heterocycles. The average molecular weight is 494 g/mol. The third-order valence-corrected chi connectivity index (χ3v) is 6.91. The standard InChI is InChI=1S/C25H25FN6O2S/c1-3-20(16-10-33-11-16)34-21-7-14(15(8-27)9-28-2)6-19-22(21)25(30-12-29-19)32-17-4-5-18-24(23(17)26)35-13-31-18/h4-9,12-13,16,20H,3,10-11,27H2,1-2H3,(H,29,30,32)/p+1/b15-8+,28-9?/t20-/m1/s1. The number of hydrogen-bond acceptors (Lipinski definition) is 8. The minimum atomic E-state index is -0.370. The van der Waals surface area contributed by atoms with Gasteiger partial charge in [-0.05, 0) is 36.2 Å². The Kier molecular flexibility index (Phi) is 6.56. The summed E-state index contributed by atoms with van der Waals surface area (Å²) < 4.78 is 27.6. The lowest BCUT2D eigenvalue weighted by Gasteiger charge is -2.33. The first kappa shape index (κ1) is 23.1. The van der Waals surface area contributed by atoms with Crippen molar-refractivity contribution in [1.82, 2.24) is 15.0 Å². The van der Waals surface area contributed by atoms with E-state index in [1.165, 1.54) is 23.9 Å². The van der Waals surface area contributed by atoms with Gasteiger partial charge in [-0.2, -0.15) is 0 Å². The number of nitrogens with one attached hydrogen (secondary N) is 2. The second-order valence-corrected chi connectivity index (χ2v) is 9.12. The van der Waals surface area contributed by atoms with Crippen LogP contribution < -0.4 is 20.8 Å². The third-order valence-electron chi connectivity index (χ3n) is 6.08. The molecule has 0 aliphatic carbocycles. The highest BCUT2D eigenvalue weighted by atomic mass is 32.1. The van der Waals surface area contributed by atoms with Gasteiger partial charge in [0.15, 0.2) is 12.0 Å². The van der Waals surface area contributed by atoms with Gasteiger partial charge in [-0.1, -0.05) is 6.92 Å². The summed E-state index contributed by atoms with van der Waals surface area (Å²) in [5, 5.41) is 3.83. The molecule has 35 heavy (non-hydrogen) atoms. The zero-order chi connectivity index (χ0) is 24.4. The van der Waals surface area contributed by atoms with Crippen LogP contribution in [-0.2, 0) is 4.74 Å². The molecule has 1 fully saturated rings. The van der Waals surface area contributed by atoms with Crippen molar-refractivity contribution in [2.45, 2.75) is 19.4 Å². The number of aromatic nitrogens is 3. The fraction of sp³-hybridized carbons (Fsp3) is 0.280. The topological polar surface area (TPSA) is 109 Å². The van der Waals surface area contributed by atoms with Crippen LogP contribution in [0.1, 0.15) is 18.9 Å². The Morgan fingerprint density at radius 3 is 2.89 bits per heavy atom. The van der Waals surface area contributed by atoms with Crippen LogP contribution in [0.15, 0.2) is 42.3 Å². The Bertz CT molecular complexity index is 1430. The quantitative estimate of drug-likeness (QED) is 0.324. The summed E-state index contributed by atoms with van der Waals surface area (Å²) in [5.74, 6) is 0.988. The van der Waals surface area contributed by atoms with Crippen LogP contribution >= 0.6 is 11.3 Å². The van der Waals surface area contributed by atoms with Crippen molar-refractivity contribution >= 4 is 55.7 Å². The first-order chi connectivity index (χ1) is 17.1. The molecule has 0 spiro atoms. The number of hydrogen-bond donors (Lipinski definition) is 3. The zero-order valence-electron chi connectivity index (χ0n) is 19.4. The van der Waals surface area contributed by atoms with Gasteiger partial charge in [0.25, 0.3) is 0 Å². The molecule has 1 saturated heterocycles. The van der Waals surface area contributed by atoms with Crippen molar-refractivity contribution in [1.29, 1.82) is 0 Å². The van der Waals surface area contributed by atoms with E-state index in [4.69, 9.17) is 15.2 Å². The number of allylic oxidation sites excluding steroid dienone is 1. The predicted molar refractivity (Wildman–Crippen MR) is 137 cm³/mol. The van der Waals surface area contributed by atoms with Crippen molar-refractivity contribution < 1.29 is 18.9 Å². The Hall–Kier alpha value is -3.63. The normalized spacial score (nSPS) is 15.6. The van der Waals surface area contributed by atoms with Crippen LogP contribution in [0.25, 0.3) is 26.7 Å². The summed E-state index contributed by atoms with van der Waals surface area (Å²) in [6.45, 7) is 3.42. The second kappa shape index (κ2) is 9.93. The number of fused-ring (bicyclic) bond motifs is 2. The molecule has 3 heterocycles. The van der Waals surface area contributed by atoms with Gasteiger partial charge in [0.1, 0.15) is 31.0 Å². The first-order valence-electron chi connectivity index (χ1n) is 11.4. The monoisotopic (exact) mass is 493 g/mol. The van der Waals surface area contributed by atoms with Crippen molar-refractivity contribution in [2.24, 2.45) is 11.7 Å². The summed E-state index contributed by atoms with van der Waals surface area (Å²) in [5.41, 5.74) is 10.7. The van der Waals surface area contributed by atoms with Crippen molar-refractivity contribution in [3.8, 4) is 5.75 Å². The molecule has 1 aliphatic rings. The van der Waals surface area contributed by atoms with Gasteiger partial charge in [-0.3, -0.25) is 4.99 Å². The van der Waals surface area contributed by atoms with Crippen molar-refractivity contribution in [3.05, 3.63) is 53.7 Å². The van der Waals surface area contributed by atoms with Crippen molar-refractivity contribution in [2.75, 3.05) is 25.6 Å². The lowest BCUT2D eigenvalue weighted by molar-refractivity contribution is -0.412. The van der Waals surface area contributed by atoms with Crippen LogP contribution in [0, 0.1) is 11.7 Å². The minimum Gasteiger partial charge on any atom is -0.489 e. The SMILES string of the molecule is CC[C@@H](Oc1cc(/C(C=[NH+]C)=C/N)cc2ncnc(Nc3ccc4ncsc4c3F)c12)C1COC1. The van der Waals surface area contributed by atoms with Gasteiger partial charge < -0.3 is 20.5 Å². The van der Waals surface area contributed by atoms with E-state index in [2.05, 4.69) is 32.2 Å². The fourth-order valence-electron chi connectivity index (χ4n) is 4.16. The molecule has 0 saturated carbocycles. The molecule has 180 valence electrons. The number of benzene rings is 2. The number of halogens is 1. The molecule has 10 heteroatoms. The highest BCUT2D eigenvalue weighted by Gasteiger charge is 2.30. The summed E-state index contributed by atoms with van der Waals surface area (Å²) >= 11 is 1.26. The number of anilines is 2. The lowest BCUT2D eigenvalue weighted by Crippen LogP contribution is -2.63. The Morgan fingerprint density at radius 2 is 2.17 bits per heavy atom. The third kappa shape index (κ3) is 4.42. The molecule has 4 aromatic rings. The molecule has 4 N–H and O–H groups in total. The van der Waals surface area contributed by atoms with Gasteiger partial charge in [-0.15, -0.1) is 11.3 Å². The van der Waals surface area contributed by atoms with Gasteiger partial charge in [0, 0.05) is 12.1 Å². The van der Waals surface area contributed by atoms with E-state index >= 15 is 4.39 Å². The average Bonchev–Trinajstić information content (AvgIpc) is 3.32. The summed E-state index contributed by atoms with van der Waals surface area (Å²) in [7, 11) is 1.81. The Labute approximate surface area is 205 Å². The van der Waals surface area contributed by atoms with E-state index in [0.29, 0.717) is 57.5 Å². The molecule has 2 aromatic carbocycles. The van der Waals surface area contributed by atoms with Crippen LogP contribution in [-0.4, -0.2) is 47.5 Å². The molecule has 1 aliphatic heterocycles. The molecular weight excluding hydrogens is 467 g/mol. The van der Waals surface area contributed by atoms with Crippen LogP contribution in [0.2, 0.25) is 0 Å². The highest BCUT2D eigenvalue weighted by Crippen LogP contribution is 2.37. The zero-order valence-corrected chi connectivity index (χ0v) is 20.2. The number of rotatable bonds is 8. The Morgan fingerprint density at radius 1 is 1.31 bits per heavy atom. The number of nitrogens with zero attached hydrogens (tertiary/aromatic N) is 3. The van der Waals surface area contributed by atoms with Crippen LogP contribution in [0.4, 0.5) is 15.9 Å². The molecule has 0 amide bonds. The van der Waals surface area contributed by atoms with Gasteiger partial charge in [0.2, 0.25) is 0 Å². The number of ether oxygens (including phenoxy) is 2. The predicted octanol–water partition coefficient (Wildman–Crippen LogP) is 3.01. The van der Waals surface area contributed by atoms with E-state index < -0.39 is 0 Å².